The molecule has 7 heteroatoms. The summed E-state index contributed by atoms with van der Waals surface area (Å²) < 4.78 is 28.6. The summed E-state index contributed by atoms with van der Waals surface area (Å²) in [6.07, 6.45) is 0. The third-order valence-corrected chi connectivity index (χ3v) is 5.56. The van der Waals surface area contributed by atoms with Crippen LogP contribution in [-0.2, 0) is 10.2 Å². The van der Waals surface area contributed by atoms with Gasteiger partial charge in [0, 0.05) is 18.1 Å². The molecule has 0 saturated carbocycles. The van der Waals surface area contributed by atoms with Crippen molar-refractivity contribution in [3.63, 3.8) is 0 Å². The molecule has 0 aliphatic carbocycles. The average molecular weight is 338 g/mol. The molecule has 1 heterocycles. The first-order chi connectivity index (χ1) is 10.6. The molecule has 0 atom stereocenters. The van der Waals surface area contributed by atoms with Crippen LogP contribution in [0.4, 0.5) is 17.1 Å². The maximum Gasteiger partial charge on any atom is 0.331 e. The van der Waals surface area contributed by atoms with Crippen molar-refractivity contribution in [2.45, 2.75) is 0 Å². The predicted octanol–water partition coefficient (Wildman–Crippen LogP) is 2.76. The maximum absolute atomic E-state index is 12.9. The highest BCUT2D eigenvalue weighted by Crippen LogP contribution is 2.44. The number of halogens is 1. The molecule has 0 spiro atoms. The van der Waals surface area contributed by atoms with Crippen LogP contribution in [0, 0.1) is 0 Å². The van der Waals surface area contributed by atoms with Crippen molar-refractivity contribution in [2.75, 3.05) is 28.7 Å². The Morgan fingerprint density at radius 2 is 1.68 bits per heavy atom. The van der Waals surface area contributed by atoms with Crippen LogP contribution in [0.1, 0.15) is 0 Å². The van der Waals surface area contributed by atoms with Crippen LogP contribution in [0.3, 0.4) is 0 Å². The number of hydrogen-bond acceptors (Lipinski definition) is 3. The Bertz CT molecular complexity index is 778. The minimum Gasteiger partial charge on any atom is -0.318 e. The van der Waals surface area contributed by atoms with Crippen LogP contribution in [0.5, 0.6) is 0 Å². The van der Waals surface area contributed by atoms with Gasteiger partial charge in [-0.05, 0) is 43.4 Å². The summed E-state index contributed by atoms with van der Waals surface area (Å²) in [4.78, 5) is 0. The lowest BCUT2D eigenvalue weighted by atomic mass is 10.2. The van der Waals surface area contributed by atoms with E-state index in [1.807, 2.05) is 18.2 Å². The second-order valence-electron chi connectivity index (χ2n) is 4.91. The molecule has 0 saturated heterocycles. The van der Waals surface area contributed by atoms with Gasteiger partial charge in [-0.15, -0.1) is 0 Å². The Balaban J connectivity index is 2.12. The second kappa shape index (κ2) is 5.79. The van der Waals surface area contributed by atoms with Gasteiger partial charge in [-0.1, -0.05) is 23.7 Å². The van der Waals surface area contributed by atoms with Crippen LogP contribution in [0.25, 0.3) is 0 Å². The number of hydrogen-bond donors (Lipinski definition) is 1. The van der Waals surface area contributed by atoms with Gasteiger partial charge in [0.1, 0.15) is 0 Å². The Labute approximate surface area is 135 Å². The molecule has 0 bridgehead atoms. The lowest BCUT2D eigenvalue weighted by Crippen LogP contribution is -2.38. The maximum atomic E-state index is 12.9. The smallest absolute Gasteiger partial charge is 0.318 e. The lowest BCUT2D eigenvalue weighted by molar-refractivity contribution is 0.592. The summed E-state index contributed by atoms with van der Waals surface area (Å²) in [6.45, 7) is 0.946. The van der Waals surface area contributed by atoms with E-state index in [-0.39, 0.29) is 0 Å². The van der Waals surface area contributed by atoms with Gasteiger partial charge in [0.2, 0.25) is 0 Å². The number of anilines is 3. The van der Waals surface area contributed by atoms with E-state index in [0.717, 1.165) is 0 Å². The summed E-state index contributed by atoms with van der Waals surface area (Å²) in [6, 6.07) is 14.1. The highest BCUT2D eigenvalue weighted by Gasteiger charge is 2.40. The Hall–Kier alpha value is -1.76. The number of rotatable bonds is 4. The van der Waals surface area contributed by atoms with Crippen LogP contribution < -0.4 is 13.9 Å². The molecular formula is C15H16ClN3O2S. The fourth-order valence-corrected chi connectivity index (χ4v) is 4.33. The second-order valence-corrected chi connectivity index (χ2v) is 7.05. The molecule has 0 aromatic heterocycles. The number of likely N-dealkylation sites (N-methyl/N-ethyl adjacent to an activating group) is 1. The summed E-state index contributed by atoms with van der Waals surface area (Å²) in [5.41, 5.74) is 1.91. The average Bonchev–Trinajstić information content (AvgIpc) is 2.73. The number of nitrogens with zero attached hydrogens (tertiary/aromatic N) is 2. The normalized spacial score (nSPS) is 15.9. The molecular weight excluding hydrogens is 322 g/mol. The van der Waals surface area contributed by atoms with E-state index < -0.39 is 10.2 Å². The van der Waals surface area contributed by atoms with E-state index in [9.17, 15) is 8.42 Å². The fraction of sp³-hybridized carbons (Fsp3) is 0.200. The molecule has 3 rings (SSSR count). The third kappa shape index (κ3) is 2.43. The molecule has 0 unspecified atom stereocenters. The van der Waals surface area contributed by atoms with Gasteiger partial charge in [-0.2, -0.15) is 8.42 Å². The minimum absolute atomic E-state index is 0.375. The van der Waals surface area contributed by atoms with Crippen molar-refractivity contribution in [1.29, 1.82) is 0 Å². The van der Waals surface area contributed by atoms with E-state index in [4.69, 9.17) is 11.6 Å². The fourth-order valence-electron chi connectivity index (χ4n) is 2.49. The SMILES string of the molecule is CNCCN1c2ccccc2N(c2ccc(Cl)cc2)S1(=O)=O. The number of benzene rings is 2. The van der Waals surface area contributed by atoms with Gasteiger partial charge in [0.05, 0.1) is 17.1 Å². The van der Waals surface area contributed by atoms with Crippen molar-refractivity contribution in [1.82, 2.24) is 5.32 Å². The van der Waals surface area contributed by atoms with E-state index in [0.29, 0.717) is 35.2 Å². The molecule has 0 fully saturated rings. The monoisotopic (exact) mass is 337 g/mol. The molecule has 116 valence electrons. The quantitative estimate of drug-likeness (QED) is 0.933. The molecule has 5 nitrogen and oxygen atoms in total. The van der Waals surface area contributed by atoms with Crippen molar-refractivity contribution in [2.24, 2.45) is 0 Å². The molecule has 0 amide bonds. The van der Waals surface area contributed by atoms with Gasteiger partial charge in [-0.25, -0.2) is 8.61 Å². The number of para-hydroxylation sites is 2. The zero-order chi connectivity index (χ0) is 15.7. The minimum atomic E-state index is -3.64. The Morgan fingerprint density at radius 3 is 2.32 bits per heavy atom. The highest BCUT2D eigenvalue weighted by molar-refractivity contribution is 7.95. The lowest BCUT2D eigenvalue weighted by Gasteiger charge is -2.21. The van der Waals surface area contributed by atoms with E-state index in [1.165, 1.54) is 8.61 Å². The summed E-state index contributed by atoms with van der Waals surface area (Å²) in [5.74, 6) is 0. The first-order valence-corrected chi connectivity index (χ1v) is 8.65. The zero-order valence-electron chi connectivity index (χ0n) is 12.0. The summed E-state index contributed by atoms with van der Waals surface area (Å²) in [5, 5.41) is 3.55. The molecule has 2 aromatic carbocycles. The van der Waals surface area contributed by atoms with Crippen molar-refractivity contribution in [3.05, 3.63) is 53.6 Å². The predicted molar refractivity (Wildman–Crippen MR) is 90.2 cm³/mol. The number of fused-ring (bicyclic) bond motifs is 1. The summed E-state index contributed by atoms with van der Waals surface area (Å²) >= 11 is 5.90. The molecule has 2 aromatic rings. The van der Waals surface area contributed by atoms with E-state index in [1.54, 1.807) is 37.4 Å². The molecule has 0 radical (unpaired) electrons. The molecule has 1 aliphatic rings. The van der Waals surface area contributed by atoms with Crippen LogP contribution in [-0.4, -0.2) is 28.6 Å². The Morgan fingerprint density at radius 1 is 1.05 bits per heavy atom. The van der Waals surface area contributed by atoms with E-state index >= 15 is 0 Å². The highest BCUT2D eigenvalue weighted by atomic mass is 35.5. The first kappa shape index (κ1) is 15.1. The van der Waals surface area contributed by atoms with E-state index in [2.05, 4.69) is 5.32 Å². The molecule has 1 N–H and O–H groups in total. The van der Waals surface area contributed by atoms with Crippen molar-refractivity contribution < 1.29 is 8.42 Å². The largest absolute Gasteiger partial charge is 0.331 e. The van der Waals surface area contributed by atoms with Gasteiger partial charge in [0.15, 0.2) is 0 Å². The van der Waals surface area contributed by atoms with Crippen LogP contribution >= 0.6 is 11.6 Å². The molecule has 22 heavy (non-hydrogen) atoms. The molecule has 1 aliphatic heterocycles. The summed E-state index contributed by atoms with van der Waals surface area (Å²) in [7, 11) is -1.84. The standard InChI is InChI=1S/C15H16ClN3O2S/c1-17-10-11-18-14-4-2-3-5-15(14)19(22(18,20)21)13-8-6-12(16)7-9-13/h2-9,17H,10-11H2,1H3. The van der Waals surface area contributed by atoms with Crippen molar-refractivity contribution >= 4 is 38.9 Å². The third-order valence-electron chi connectivity index (χ3n) is 3.50. The van der Waals surface area contributed by atoms with Gasteiger partial charge < -0.3 is 5.32 Å². The first-order valence-electron chi connectivity index (χ1n) is 6.88. The topological polar surface area (TPSA) is 52.6 Å². The van der Waals surface area contributed by atoms with Crippen LogP contribution in [0.15, 0.2) is 48.5 Å². The van der Waals surface area contributed by atoms with Gasteiger partial charge in [-0.3, -0.25) is 0 Å². The van der Waals surface area contributed by atoms with Gasteiger partial charge >= 0.3 is 10.2 Å². The van der Waals surface area contributed by atoms with Gasteiger partial charge in [0.25, 0.3) is 0 Å². The zero-order valence-corrected chi connectivity index (χ0v) is 13.6. The Kier molecular flexibility index (Phi) is 3.99. The van der Waals surface area contributed by atoms with Crippen LogP contribution in [0.2, 0.25) is 5.02 Å². The van der Waals surface area contributed by atoms with Crippen molar-refractivity contribution in [3.8, 4) is 0 Å². The number of nitrogens with one attached hydrogen (secondary N) is 1.